The van der Waals surface area contributed by atoms with E-state index in [1.54, 1.807) is 10.9 Å². The van der Waals surface area contributed by atoms with Crippen LogP contribution in [0.15, 0.2) is 16.1 Å². The van der Waals surface area contributed by atoms with Crippen LogP contribution in [-0.2, 0) is 11.3 Å². The number of rotatable bonds is 1. The summed E-state index contributed by atoms with van der Waals surface area (Å²) in [5, 5.41) is 20.6. The lowest BCUT2D eigenvalue weighted by Crippen LogP contribution is -2.38. The smallest absolute Gasteiger partial charge is 0.352 e. The van der Waals surface area contributed by atoms with Gasteiger partial charge in [0.05, 0.1) is 12.9 Å². The van der Waals surface area contributed by atoms with E-state index in [0.29, 0.717) is 22.7 Å². The van der Waals surface area contributed by atoms with E-state index in [0.717, 1.165) is 0 Å². The maximum atomic E-state index is 12.2. The first kappa shape index (κ1) is 12.3. The van der Waals surface area contributed by atoms with Crippen molar-refractivity contribution in [3.63, 3.8) is 0 Å². The van der Waals surface area contributed by atoms with Crippen LogP contribution in [0.1, 0.15) is 6.23 Å². The first-order valence-corrected chi connectivity index (χ1v) is 7.37. The van der Waals surface area contributed by atoms with E-state index >= 15 is 0 Å². The van der Waals surface area contributed by atoms with Crippen molar-refractivity contribution in [2.75, 3.05) is 6.26 Å². The largest absolute Gasteiger partial charge is 0.387 e. The fraction of sp³-hybridized carbons (Fsp3) is 0.545. The lowest BCUT2D eigenvalue weighted by atomic mass is 10.1. The third-order valence-electron chi connectivity index (χ3n) is 3.81. The zero-order valence-electron chi connectivity index (χ0n) is 10.5. The van der Waals surface area contributed by atoms with Crippen LogP contribution < -0.4 is 5.69 Å². The van der Waals surface area contributed by atoms with Gasteiger partial charge in [0.1, 0.15) is 34.5 Å². The van der Waals surface area contributed by atoms with Crippen LogP contribution in [0.25, 0.3) is 11.2 Å². The van der Waals surface area contributed by atoms with Gasteiger partial charge in [-0.1, -0.05) is 0 Å². The monoisotopic (exact) mass is 296 g/mol. The molecule has 20 heavy (non-hydrogen) atoms. The summed E-state index contributed by atoms with van der Waals surface area (Å²) in [6, 6.07) is 0. The average molecular weight is 296 g/mol. The maximum absolute atomic E-state index is 12.2. The summed E-state index contributed by atoms with van der Waals surface area (Å²) in [6.45, 7) is 0.336. The van der Waals surface area contributed by atoms with Crippen molar-refractivity contribution >= 4 is 22.9 Å². The van der Waals surface area contributed by atoms with E-state index in [-0.39, 0.29) is 0 Å². The van der Waals surface area contributed by atoms with Crippen molar-refractivity contribution in [2.24, 2.45) is 0 Å². The Balaban J connectivity index is 2.08. The summed E-state index contributed by atoms with van der Waals surface area (Å²) in [6.07, 6.45) is -0.239. The van der Waals surface area contributed by atoms with Gasteiger partial charge in [-0.05, 0) is 6.26 Å². The summed E-state index contributed by atoms with van der Waals surface area (Å²) in [7, 11) is 0. The molecular formula is C11H12N4O4S. The third-order valence-corrected chi connectivity index (χ3v) is 4.48. The predicted molar refractivity (Wildman–Crippen MR) is 69.5 cm³/mol. The Morgan fingerprint density at radius 2 is 2.25 bits per heavy atom. The predicted octanol–water partition coefficient (Wildman–Crippen LogP) is -1.05. The number of hydrogen-bond acceptors (Lipinski definition) is 7. The fourth-order valence-electron chi connectivity index (χ4n) is 2.86. The van der Waals surface area contributed by atoms with Gasteiger partial charge < -0.3 is 19.5 Å². The number of hydrogen-bond donors (Lipinski definition) is 2. The molecule has 9 heteroatoms. The molecule has 2 aliphatic heterocycles. The highest BCUT2D eigenvalue weighted by molar-refractivity contribution is 7.98. The van der Waals surface area contributed by atoms with Gasteiger partial charge in [0.2, 0.25) is 0 Å². The molecule has 1 fully saturated rings. The highest BCUT2D eigenvalue weighted by Gasteiger charge is 2.47. The van der Waals surface area contributed by atoms with E-state index in [1.165, 1.54) is 16.3 Å². The molecule has 0 spiro atoms. The van der Waals surface area contributed by atoms with E-state index in [9.17, 15) is 15.0 Å². The number of aliphatic hydroxyl groups excluding tert-OH is 2. The molecule has 106 valence electrons. The Labute approximate surface area is 117 Å². The van der Waals surface area contributed by atoms with Gasteiger partial charge in [-0.15, -0.1) is 11.8 Å². The zero-order valence-corrected chi connectivity index (χ0v) is 11.3. The Hall–Kier alpha value is -1.42. The summed E-state index contributed by atoms with van der Waals surface area (Å²) < 4.78 is 8.64. The van der Waals surface area contributed by atoms with Gasteiger partial charge in [0, 0.05) is 0 Å². The summed E-state index contributed by atoms with van der Waals surface area (Å²) >= 11 is 1.34. The molecule has 8 nitrogen and oxygen atoms in total. The number of fused-ring (bicyclic) bond motifs is 3. The minimum Gasteiger partial charge on any atom is -0.387 e. The van der Waals surface area contributed by atoms with Crippen molar-refractivity contribution in [1.82, 2.24) is 19.1 Å². The van der Waals surface area contributed by atoms with E-state index in [1.807, 2.05) is 6.26 Å². The molecule has 0 unspecified atom stereocenters. The lowest BCUT2D eigenvalue weighted by Gasteiger charge is -2.20. The van der Waals surface area contributed by atoms with Gasteiger partial charge in [-0.3, -0.25) is 0 Å². The quantitative estimate of drug-likeness (QED) is 0.511. The second-order valence-corrected chi connectivity index (χ2v) is 5.68. The first-order valence-electron chi connectivity index (χ1n) is 6.15. The van der Waals surface area contributed by atoms with Crippen molar-refractivity contribution in [3.05, 3.63) is 16.8 Å². The van der Waals surface area contributed by atoms with Gasteiger partial charge in [0.15, 0.2) is 6.23 Å². The molecule has 0 aliphatic carbocycles. The van der Waals surface area contributed by atoms with Crippen LogP contribution in [-0.4, -0.2) is 53.9 Å². The molecule has 1 saturated heterocycles. The second kappa shape index (κ2) is 4.04. The molecule has 2 N–H and O–H groups in total. The molecular weight excluding hydrogens is 284 g/mol. The zero-order chi connectivity index (χ0) is 14.0. The number of nitrogens with zero attached hydrogens (tertiary/aromatic N) is 4. The molecule has 4 rings (SSSR count). The van der Waals surface area contributed by atoms with Crippen LogP contribution in [0.2, 0.25) is 0 Å². The molecule has 0 aromatic carbocycles. The molecule has 0 radical (unpaired) electrons. The minimum absolute atomic E-state index is 0.336. The van der Waals surface area contributed by atoms with Crippen LogP contribution in [0.4, 0.5) is 0 Å². The summed E-state index contributed by atoms with van der Waals surface area (Å²) in [5.74, 6) is 0. The Kier molecular flexibility index (Phi) is 2.49. The minimum atomic E-state index is -1.15. The fourth-order valence-corrected chi connectivity index (χ4v) is 3.36. The van der Waals surface area contributed by atoms with E-state index in [4.69, 9.17) is 4.74 Å². The highest BCUT2D eigenvalue weighted by Crippen LogP contribution is 2.35. The highest BCUT2D eigenvalue weighted by atomic mass is 32.2. The Morgan fingerprint density at radius 1 is 1.45 bits per heavy atom. The molecule has 4 atom stereocenters. The van der Waals surface area contributed by atoms with Gasteiger partial charge >= 0.3 is 5.69 Å². The SMILES string of the molecule is CSc1nc(=O)n2c3c1ncn3C[C@H]1O[C@@H]2[C@H](O)[C@@H]1O. The maximum Gasteiger partial charge on any atom is 0.352 e. The van der Waals surface area contributed by atoms with Gasteiger partial charge in [-0.2, -0.15) is 4.98 Å². The Morgan fingerprint density at radius 3 is 3.00 bits per heavy atom. The lowest BCUT2D eigenvalue weighted by molar-refractivity contribution is -0.0353. The van der Waals surface area contributed by atoms with Crippen LogP contribution >= 0.6 is 11.8 Å². The van der Waals surface area contributed by atoms with E-state index in [2.05, 4.69) is 9.97 Å². The summed E-state index contributed by atoms with van der Waals surface area (Å²) in [4.78, 5) is 20.5. The molecule has 0 amide bonds. The summed E-state index contributed by atoms with van der Waals surface area (Å²) in [5.41, 5.74) is 0.671. The topological polar surface area (TPSA) is 102 Å². The number of imidazole rings is 1. The van der Waals surface area contributed by atoms with E-state index < -0.39 is 30.2 Å². The molecule has 4 heterocycles. The van der Waals surface area contributed by atoms with Crippen LogP contribution in [0, 0.1) is 0 Å². The number of aromatic nitrogens is 4. The molecule has 2 aromatic rings. The van der Waals surface area contributed by atoms with Crippen molar-refractivity contribution < 1.29 is 14.9 Å². The average Bonchev–Trinajstić information content (AvgIpc) is 2.89. The van der Waals surface area contributed by atoms with Crippen LogP contribution in [0.3, 0.4) is 0 Å². The second-order valence-electron chi connectivity index (χ2n) is 4.89. The normalized spacial score (nSPS) is 31.8. The number of thioether (sulfide) groups is 1. The van der Waals surface area contributed by atoms with Crippen molar-refractivity contribution in [1.29, 1.82) is 0 Å². The third kappa shape index (κ3) is 1.40. The number of aliphatic hydroxyl groups is 2. The first-order chi connectivity index (χ1) is 9.61. The standard InChI is InChI=1S/C11H12N4O4S/c1-20-8-5-9-14(3-12-5)2-4-6(16)7(17)10(19-4)15(9)11(18)13-8/h3-4,6-7,10,16-17H,2H2,1H3/t4-,6-,7-,10-/m1/s1. The molecule has 0 saturated carbocycles. The Bertz CT molecular complexity index is 757. The molecule has 2 bridgehead atoms. The van der Waals surface area contributed by atoms with Gasteiger partial charge in [-0.25, -0.2) is 14.3 Å². The van der Waals surface area contributed by atoms with Crippen molar-refractivity contribution in [3.8, 4) is 0 Å². The molecule has 2 aromatic heterocycles. The van der Waals surface area contributed by atoms with Gasteiger partial charge in [0.25, 0.3) is 0 Å². The number of ether oxygens (including phenoxy) is 1. The van der Waals surface area contributed by atoms with Crippen LogP contribution in [0.5, 0.6) is 0 Å². The molecule has 2 aliphatic rings. The van der Waals surface area contributed by atoms with Crippen molar-refractivity contribution in [2.45, 2.75) is 36.1 Å².